The molecule has 1 amide bonds. The third-order valence-electron chi connectivity index (χ3n) is 4.40. The van der Waals surface area contributed by atoms with E-state index in [9.17, 15) is 14.7 Å². The summed E-state index contributed by atoms with van der Waals surface area (Å²) in [7, 11) is 1.27. The maximum absolute atomic E-state index is 12.6. The van der Waals surface area contributed by atoms with Gasteiger partial charge in [-0.3, -0.25) is 4.79 Å². The van der Waals surface area contributed by atoms with Crippen LogP contribution in [0.25, 0.3) is 10.8 Å². The number of ether oxygens (including phenoxy) is 2. The summed E-state index contributed by atoms with van der Waals surface area (Å²) in [6.45, 7) is 1.44. The largest absolute Gasteiger partial charge is 0.480 e. The Balaban J connectivity index is 1.92. The number of amides is 1. The number of aliphatic hydroxyl groups is 1. The normalized spacial score (nSPS) is 11.8. The van der Waals surface area contributed by atoms with Crippen LogP contribution >= 0.6 is 23.2 Å². The summed E-state index contributed by atoms with van der Waals surface area (Å²) in [6.07, 6.45) is -0.911. The average molecular weight is 448 g/mol. The molecular formula is C22H19Cl2NO5. The molecule has 0 radical (unpaired) electrons. The van der Waals surface area contributed by atoms with Crippen LogP contribution in [0.3, 0.4) is 0 Å². The zero-order chi connectivity index (χ0) is 21.8. The molecule has 156 valence electrons. The summed E-state index contributed by atoms with van der Waals surface area (Å²) in [5.74, 6) is -0.719. The molecule has 30 heavy (non-hydrogen) atoms. The highest BCUT2D eigenvalue weighted by atomic mass is 35.5. The van der Waals surface area contributed by atoms with E-state index in [4.69, 9.17) is 32.7 Å². The van der Waals surface area contributed by atoms with Crippen molar-refractivity contribution in [2.75, 3.05) is 12.4 Å². The number of hydrogen-bond acceptors (Lipinski definition) is 5. The van der Waals surface area contributed by atoms with Crippen LogP contribution in [0.4, 0.5) is 5.69 Å². The second-order valence-corrected chi connectivity index (χ2v) is 7.40. The van der Waals surface area contributed by atoms with E-state index in [1.807, 2.05) is 0 Å². The Morgan fingerprint density at radius 3 is 2.60 bits per heavy atom. The lowest BCUT2D eigenvalue weighted by molar-refractivity contribution is -0.122. The number of nitrogens with one attached hydrogen (secondary N) is 1. The van der Waals surface area contributed by atoms with E-state index < -0.39 is 18.0 Å². The number of aliphatic hydroxyl groups excluding tert-OH is 1. The monoisotopic (exact) mass is 447 g/mol. The van der Waals surface area contributed by atoms with Gasteiger partial charge >= 0.3 is 5.97 Å². The number of fused-ring (bicyclic) bond motifs is 1. The number of esters is 1. The number of anilines is 1. The molecule has 0 aromatic heterocycles. The molecule has 0 saturated heterocycles. The van der Waals surface area contributed by atoms with Gasteiger partial charge < -0.3 is 19.9 Å². The molecule has 8 heteroatoms. The Kier molecular flexibility index (Phi) is 6.82. The molecule has 1 atom stereocenters. The van der Waals surface area contributed by atoms with Gasteiger partial charge in [0, 0.05) is 16.1 Å². The van der Waals surface area contributed by atoms with Crippen molar-refractivity contribution in [3.05, 3.63) is 69.7 Å². The van der Waals surface area contributed by atoms with Crippen LogP contribution in [-0.4, -0.2) is 30.2 Å². The predicted molar refractivity (Wildman–Crippen MR) is 116 cm³/mol. The summed E-state index contributed by atoms with van der Waals surface area (Å²) in [5, 5.41) is 13.8. The standard InChI is InChI=1S/C22H19Cl2NO5/c1-12(21(27)25-17-5-3-4-13(6-17)11-26)30-19-9-15(22(28)29-2)7-14-8-16(23)10-18(24)20(14)19/h3-10,12,26H,11H2,1-2H3,(H,25,27). The first-order valence-corrected chi connectivity index (χ1v) is 9.76. The molecule has 2 N–H and O–H groups in total. The Morgan fingerprint density at radius 2 is 1.90 bits per heavy atom. The van der Waals surface area contributed by atoms with Gasteiger partial charge in [0.25, 0.3) is 5.91 Å². The van der Waals surface area contributed by atoms with Crippen LogP contribution in [0.2, 0.25) is 10.0 Å². The molecule has 6 nitrogen and oxygen atoms in total. The van der Waals surface area contributed by atoms with Gasteiger partial charge in [-0.15, -0.1) is 0 Å². The quantitative estimate of drug-likeness (QED) is 0.528. The van der Waals surface area contributed by atoms with E-state index in [1.54, 1.807) is 49.4 Å². The minimum atomic E-state index is -0.911. The molecule has 0 aliphatic heterocycles. The fourth-order valence-corrected chi connectivity index (χ4v) is 3.56. The molecule has 0 bridgehead atoms. The Labute approximate surface area is 183 Å². The summed E-state index contributed by atoms with van der Waals surface area (Å²) >= 11 is 12.4. The van der Waals surface area contributed by atoms with E-state index in [1.165, 1.54) is 13.2 Å². The van der Waals surface area contributed by atoms with Gasteiger partial charge in [0.2, 0.25) is 0 Å². The predicted octanol–water partition coefficient (Wildman–Crippen LogP) is 4.83. The molecule has 3 aromatic carbocycles. The van der Waals surface area contributed by atoms with Crippen LogP contribution < -0.4 is 10.1 Å². The van der Waals surface area contributed by atoms with E-state index in [2.05, 4.69) is 5.32 Å². The average Bonchev–Trinajstić information content (AvgIpc) is 2.72. The molecule has 0 saturated carbocycles. The second kappa shape index (κ2) is 9.34. The minimum absolute atomic E-state index is 0.136. The van der Waals surface area contributed by atoms with Crippen molar-refractivity contribution in [2.24, 2.45) is 0 Å². The molecule has 1 unspecified atom stereocenters. The number of carbonyl (C=O) groups excluding carboxylic acids is 2. The Morgan fingerprint density at radius 1 is 1.13 bits per heavy atom. The number of rotatable bonds is 6. The molecule has 0 heterocycles. The summed E-state index contributed by atoms with van der Waals surface area (Å²) < 4.78 is 10.7. The van der Waals surface area contributed by atoms with Crippen molar-refractivity contribution in [3.8, 4) is 5.75 Å². The Bertz CT molecular complexity index is 1120. The Hall–Kier alpha value is -2.80. The number of methoxy groups -OCH3 is 1. The minimum Gasteiger partial charge on any atom is -0.480 e. The van der Waals surface area contributed by atoms with Gasteiger partial charge in [-0.2, -0.15) is 0 Å². The van der Waals surface area contributed by atoms with E-state index in [-0.39, 0.29) is 17.9 Å². The fourth-order valence-electron chi connectivity index (χ4n) is 2.95. The van der Waals surface area contributed by atoms with E-state index in [0.717, 1.165) is 0 Å². The maximum Gasteiger partial charge on any atom is 0.338 e. The first-order valence-electron chi connectivity index (χ1n) is 9.00. The topological polar surface area (TPSA) is 84.9 Å². The zero-order valence-corrected chi connectivity index (χ0v) is 17.8. The van der Waals surface area contributed by atoms with Gasteiger partial charge in [-0.05, 0) is 54.3 Å². The van der Waals surface area contributed by atoms with Gasteiger partial charge in [-0.25, -0.2) is 4.79 Å². The third kappa shape index (κ3) is 4.84. The molecule has 0 aliphatic rings. The van der Waals surface area contributed by atoms with Crippen molar-refractivity contribution in [3.63, 3.8) is 0 Å². The van der Waals surface area contributed by atoms with Crippen molar-refractivity contribution in [1.82, 2.24) is 0 Å². The lowest BCUT2D eigenvalue weighted by Crippen LogP contribution is -2.30. The van der Waals surface area contributed by atoms with E-state index in [0.29, 0.717) is 32.1 Å². The highest BCUT2D eigenvalue weighted by Gasteiger charge is 2.20. The molecular weight excluding hydrogens is 429 g/mol. The highest BCUT2D eigenvalue weighted by molar-refractivity contribution is 6.39. The van der Waals surface area contributed by atoms with Crippen molar-refractivity contribution < 1.29 is 24.2 Å². The fraction of sp³-hybridized carbons (Fsp3) is 0.182. The first-order chi connectivity index (χ1) is 14.3. The molecule has 3 aromatic rings. The highest BCUT2D eigenvalue weighted by Crippen LogP contribution is 2.36. The smallest absolute Gasteiger partial charge is 0.338 e. The molecule has 0 fully saturated rings. The lowest BCUT2D eigenvalue weighted by atomic mass is 10.1. The van der Waals surface area contributed by atoms with Crippen molar-refractivity contribution in [1.29, 1.82) is 0 Å². The van der Waals surface area contributed by atoms with Crippen LogP contribution in [0, 0.1) is 0 Å². The van der Waals surface area contributed by atoms with E-state index >= 15 is 0 Å². The number of benzene rings is 3. The van der Waals surface area contributed by atoms with Crippen LogP contribution in [0.5, 0.6) is 5.75 Å². The summed E-state index contributed by atoms with van der Waals surface area (Å²) in [4.78, 5) is 24.7. The first kappa shape index (κ1) is 21.9. The van der Waals surface area contributed by atoms with Crippen LogP contribution in [-0.2, 0) is 16.1 Å². The molecule has 3 rings (SSSR count). The van der Waals surface area contributed by atoms with Crippen molar-refractivity contribution in [2.45, 2.75) is 19.6 Å². The van der Waals surface area contributed by atoms with Gasteiger partial charge in [0.1, 0.15) is 5.75 Å². The van der Waals surface area contributed by atoms with Crippen LogP contribution in [0.1, 0.15) is 22.8 Å². The maximum atomic E-state index is 12.6. The molecule has 0 spiro atoms. The SMILES string of the molecule is COC(=O)c1cc(OC(C)C(=O)Nc2cccc(CO)c2)c2c(Cl)cc(Cl)cc2c1. The number of carbonyl (C=O) groups is 2. The van der Waals surface area contributed by atoms with Crippen molar-refractivity contribution >= 4 is 51.5 Å². The van der Waals surface area contributed by atoms with Gasteiger partial charge in [-0.1, -0.05) is 35.3 Å². The number of halogens is 2. The third-order valence-corrected chi connectivity index (χ3v) is 4.92. The lowest BCUT2D eigenvalue weighted by Gasteiger charge is -2.18. The second-order valence-electron chi connectivity index (χ2n) is 6.56. The number of hydrogen-bond donors (Lipinski definition) is 2. The molecule has 0 aliphatic carbocycles. The van der Waals surface area contributed by atoms with Crippen LogP contribution in [0.15, 0.2) is 48.5 Å². The summed E-state index contributed by atoms with van der Waals surface area (Å²) in [5.41, 5.74) is 1.43. The summed E-state index contributed by atoms with van der Waals surface area (Å²) in [6, 6.07) is 13.1. The van der Waals surface area contributed by atoms with Gasteiger partial charge in [0.05, 0.1) is 24.3 Å². The zero-order valence-electron chi connectivity index (χ0n) is 16.2. The van der Waals surface area contributed by atoms with Gasteiger partial charge in [0.15, 0.2) is 6.10 Å².